The van der Waals surface area contributed by atoms with Crippen LogP contribution in [0.5, 0.6) is 11.5 Å². The number of carbonyl (C=O) groups excluding carboxylic acids is 1. The van der Waals surface area contributed by atoms with Crippen LogP contribution in [0, 0.1) is 6.92 Å². The summed E-state index contributed by atoms with van der Waals surface area (Å²) >= 11 is 3.52. The maximum atomic E-state index is 12.7. The minimum atomic E-state index is -0.291. The standard InChI is InChI=1S/C29H28BrN3O3/c1-4-35-27-18-21(17-25(30)28(27)36-5-2)19-31-32-29(34)23-12-14-24(15-13-23)33-20(3)11-16-26(33)22-9-7-6-8-10-22/h6-19H,4-5H2,1-3H3,(H,32,34)/b31-19+. The molecule has 0 aliphatic carbocycles. The summed E-state index contributed by atoms with van der Waals surface area (Å²) in [6, 6.07) is 25.6. The Kier molecular flexibility index (Phi) is 8.23. The predicted molar refractivity (Wildman–Crippen MR) is 147 cm³/mol. The van der Waals surface area contributed by atoms with Crippen molar-refractivity contribution in [1.29, 1.82) is 0 Å². The third-order valence-electron chi connectivity index (χ3n) is 5.53. The SMILES string of the molecule is CCOc1cc(/C=N/NC(=O)c2ccc(-n3c(C)ccc3-c3ccccc3)cc2)cc(Br)c1OCC. The lowest BCUT2D eigenvalue weighted by atomic mass is 10.1. The molecule has 184 valence electrons. The van der Waals surface area contributed by atoms with Crippen molar-refractivity contribution >= 4 is 28.1 Å². The highest BCUT2D eigenvalue weighted by molar-refractivity contribution is 9.10. The Morgan fingerprint density at radius 3 is 2.39 bits per heavy atom. The second-order valence-electron chi connectivity index (χ2n) is 8.00. The number of hydrogen-bond acceptors (Lipinski definition) is 4. The normalized spacial score (nSPS) is 11.0. The Morgan fingerprint density at radius 1 is 0.972 bits per heavy atom. The molecule has 0 spiro atoms. The van der Waals surface area contributed by atoms with Crippen LogP contribution in [-0.2, 0) is 0 Å². The molecule has 0 saturated heterocycles. The summed E-state index contributed by atoms with van der Waals surface area (Å²) in [4.78, 5) is 12.7. The van der Waals surface area contributed by atoms with Crippen LogP contribution in [0.25, 0.3) is 16.9 Å². The number of halogens is 1. The van der Waals surface area contributed by atoms with E-state index in [4.69, 9.17) is 9.47 Å². The molecule has 0 unspecified atom stereocenters. The van der Waals surface area contributed by atoms with E-state index in [1.54, 1.807) is 18.3 Å². The van der Waals surface area contributed by atoms with Gasteiger partial charge in [0.05, 0.1) is 29.6 Å². The summed E-state index contributed by atoms with van der Waals surface area (Å²) in [7, 11) is 0. The molecule has 6 nitrogen and oxygen atoms in total. The molecular formula is C29H28BrN3O3. The zero-order valence-corrected chi connectivity index (χ0v) is 22.1. The van der Waals surface area contributed by atoms with Crippen LogP contribution in [-0.4, -0.2) is 29.9 Å². The van der Waals surface area contributed by atoms with Crippen LogP contribution in [0.4, 0.5) is 0 Å². The lowest BCUT2D eigenvalue weighted by Gasteiger charge is -2.13. The maximum Gasteiger partial charge on any atom is 0.271 e. The molecule has 0 aliphatic rings. The summed E-state index contributed by atoms with van der Waals surface area (Å²) in [5, 5.41) is 4.13. The molecular weight excluding hydrogens is 518 g/mol. The van der Waals surface area contributed by atoms with E-state index in [0.717, 1.165) is 32.7 Å². The van der Waals surface area contributed by atoms with Crippen molar-refractivity contribution in [2.45, 2.75) is 20.8 Å². The molecule has 1 heterocycles. The first-order valence-electron chi connectivity index (χ1n) is 11.8. The van der Waals surface area contributed by atoms with E-state index < -0.39 is 0 Å². The Hall–Kier alpha value is -3.84. The van der Waals surface area contributed by atoms with E-state index in [-0.39, 0.29) is 5.91 Å². The summed E-state index contributed by atoms with van der Waals surface area (Å²) < 4.78 is 14.3. The van der Waals surface area contributed by atoms with Crippen LogP contribution in [0.15, 0.2) is 88.4 Å². The molecule has 0 atom stereocenters. The van der Waals surface area contributed by atoms with E-state index in [1.807, 2.05) is 56.3 Å². The first kappa shape index (κ1) is 25.3. The second-order valence-corrected chi connectivity index (χ2v) is 8.86. The number of hydrogen-bond donors (Lipinski definition) is 1. The van der Waals surface area contributed by atoms with Crippen LogP contribution in [0.1, 0.15) is 35.5 Å². The van der Waals surface area contributed by atoms with Gasteiger partial charge in [-0.15, -0.1) is 0 Å². The Balaban J connectivity index is 1.48. The number of nitrogens with zero attached hydrogens (tertiary/aromatic N) is 2. The molecule has 0 saturated carbocycles. The molecule has 7 heteroatoms. The summed E-state index contributed by atoms with van der Waals surface area (Å²) in [6.07, 6.45) is 1.57. The van der Waals surface area contributed by atoms with Gasteiger partial charge in [-0.2, -0.15) is 5.10 Å². The largest absolute Gasteiger partial charge is 0.490 e. The minimum absolute atomic E-state index is 0.291. The number of hydrazone groups is 1. The Bertz CT molecular complexity index is 1360. The zero-order chi connectivity index (χ0) is 25.5. The van der Waals surface area contributed by atoms with Gasteiger partial charge in [0.25, 0.3) is 5.91 Å². The fourth-order valence-corrected chi connectivity index (χ4v) is 4.49. The fourth-order valence-electron chi connectivity index (χ4n) is 3.92. The first-order chi connectivity index (χ1) is 17.5. The number of ether oxygens (including phenoxy) is 2. The van der Waals surface area contributed by atoms with Crippen LogP contribution in [0.3, 0.4) is 0 Å². The summed E-state index contributed by atoms with van der Waals surface area (Å²) in [5.74, 6) is 0.974. The number of rotatable bonds is 9. The highest BCUT2D eigenvalue weighted by Gasteiger charge is 2.12. The molecule has 0 bridgehead atoms. The molecule has 3 aromatic carbocycles. The van der Waals surface area contributed by atoms with Crippen LogP contribution in [0.2, 0.25) is 0 Å². The first-order valence-corrected chi connectivity index (χ1v) is 12.6. The van der Waals surface area contributed by atoms with E-state index in [9.17, 15) is 4.79 Å². The average Bonchev–Trinajstić information content (AvgIpc) is 3.28. The number of aromatic nitrogens is 1. The van der Waals surface area contributed by atoms with Gasteiger partial charge in [0.1, 0.15) is 0 Å². The number of amides is 1. The van der Waals surface area contributed by atoms with E-state index in [1.165, 1.54) is 0 Å². The van der Waals surface area contributed by atoms with Crippen molar-refractivity contribution < 1.29 is 14.3 Å². The molecule has 1 aromatic heterocycles. The quantitative estimate of drug-likeness (QED) is 0.186. The topological polar surface area (TPSA) is 64.8 Å². The van der Waals surface area contributed by atoms with Gasteiger partial charge in [-0.3, -0.25) is 4.79 Å². The Morgan fingerprint density at radius 2 is 1.69 bits per heavy atom. The van der Waals surface area contributed by atoms with Gasteiger partial charge < -0.3 is 14.0 Å². The second kappa shape index (κ2) is 11.7. The molecule has 1 N–H and O–H groups in total. The third-order valence-corrected chi connectivity index (χ3v) is 6.12. The van der Waals surface area contributed by atoms with Gasteiger partial charge in [0.15, 0.2) is 11.5 Å². The molecule has 0 radical (unpaired) electrons. The highest BCUT2D eigenvalue weighted by atomic mass is 79.9. The molecule has 0 fully saturated rings. The third kappa shape index (κ3) is 5.69. The number of carbonyl (C=O) groups is 1. The molecule has 4 rings (SSSR count). The van der Waals surface area contributed by atoms with Crippen molar-refractivity contribution in [3.05, 3.63) is 100 Å². The van der Waals surface area contributed by atoms with Gasteiger partial charge >= 0.3 is 0 Å². The van der Waals surface area contributed by atoms with Crippen molar-refractivity contribution in [3.63, 3.8) is 0 Å². The van der Waals surface area contributed by atoms with Crippen molar-refractivity contribution in [2.75, 3.05) is 13.2 Å². The van der Waals surface area contributed by atoms with Crippen molar-refractivity contribution in [3.8, 4) is 28.4 Å². The van der Waals surface area contributed by atoms with Gasteiger partial charge in [0.2, 0.25) is 0 Å². The van der Waals surface area contributed by atoms with Crippen LogP contribution < -0.4 is 14.9 Å². The number of benzene rings is 3. The lowest BCUT2D eigenvalue weighted by molar-refractivity contribution is 0.0955. The number of aryl methyl sites for hydroxylation is 1. The van der Waals surface area contributed by atoms with Gasteiger partial charge in [0, 0.05) is 16.9 Å². The smallest absolute Gasteiger partial charge is 0.271 e. The predicted octanol–water partition coefficient (Wildman–Crippen LogP) is 6.78. The highest BCUT2D eigenvalue weighted by Crippen LogP contribution is 2.36. The average molecular weight is 546 g/mol. The van der Waals surface area contributed by atoms with E-state index >= 15 is 0 Å². The minimum Gasteiger partial charge on any atom is -0.490 e. The van der Waals surface area contributed by atoms with Crippen molar-refractivity contribution in [2.24, 2.45) is 5.10 Å². The van der Waals surface area contributed by atoms with Crippen molar-refractivity contribution in [1.82, 2.24) is 9.99 Å². The molecule has 0 aliphatic heterocycles. The van der Waals surface area contributed by atoms with Gasteiger partial charge in [-0.1, -0.05) is 30.3 Å². The molecule has 4 aromatic rings. The Labute approximate surface area is 219 Å². The lowest BCUT2D eigenvalue weighted by Crippen LogP contribution is -2.17. The van der Waals surface area contributed by atoms with E-state index in [0.29, 0.717) is 30.3 Å². The summed E-state index contributed by atoms with van der Waals surface area (Å²) in [6.45, 7) is 6.93. The van der Waals surface area contributed by atoms with Gasteiger partial charge in [-0.05, 0) is 96.4 Å². The zero-order valence-electron chi connectivity index (χ0n) is 20.5. The summed E-state index contributed by atoms with van der Waals surface area (Å²) in [5.41, 5.74) is 8.21. The molecule has 1 amide bonds. The maximum absolute atomic E-state index is 12.7. The van der Waals surface area contributed by atoms with E-state index in [2.05, 4.69) is 62.2 Å². The fraction of sp³-hybridized carbons (Fsp3) is 0.172. The molecule has 36 heavy (non-hydrogen) atoms. The van der Waals surface area contributed by atoms with Crippen LogP contribution >= 0.6 is 15.9 Å². The van der Waals surface area contributed by atoms with Gasteiger partial charge in [-0.25, -0.2) is 5.43 Å². The monoisotopic (exact) mass is 545 g/mol. The number of nitrogens with one attached hydrogen (secondary N) is 1.